The highest BCUT2D eigenvalue weighted by molar-refractivity contribution is 5.53. The monoisotopic (exact) mass is 244 g/mol. The number of nitrogen functional groups attached to an aromatic ring is 1. The quantitative estimate of drug-likeness (QED) is 0.818. The maximum Gasteiger partial charge on any atom is 0.323 e. The van der Waals surface area contributed by atoms with Gasteiger partial charge in [0.2, 0.25) is 0 Å². The molecule has 1 aromatic carbocycles. The summed E-state index contributed by atoms with van der Waals surface area (Å²) in [5.74, 6) is -0.214. The Morgan fingerprint density at radius 2 is 2.11 bits per heavy atom. The second-order valence-electron chi connectivity index (χ2n) is 3.57. The zero-order chi connectivity index (χ0) is 13.1. The van der Waals surface area contributed by atoms with E-state index in [4.69, 9.17) is 15.7 Å². The molecule has 2 N–H and O–H groups in total. The second-order valence-corrected chi connectivity index (χ2v) is 3.57. The summed E-state index contributed by atoms with van der Waals surface area (Å²) in [7, 11) is 0. The number of rotatable bonds is 2. The fourth-order valence-electron chi connectivity index (χ4n) is 1.35. The van der Waals surface area contributed by atoms with Gasteiger partial charge in [0.1, 0.15) is 17.6 Å². The van der Waals surface area contributed by atoms with Crippen molar-refractivity contribution in [1.82, 2.24) is 9.97 Å². The summed E-state index contributed by atoms with van der Waals surface area (Å²) in [4.78, 5) is 7.87. The third-order valence-corrected chi connectivity index (χ3v) is 2.12. The van der Waals surface area contributed by atoms with Gasteiger partial charge in [0.25, 0.3) is 0 Å². The molecule has 0 unspecified atom stereocenters. The van der Waals surface area contributed by atoms with E-state index in [2.05, 4.69) is 9.97 Å². The van der Waals surface area contributed by atoms with Crippen LogP contribution in [0.15, 0.2) is 24.3 Å². The molecule has 6 heteroatoms. The summed E-state index contributed by atoms with van der Waals surface area (Å²) in [6.45, 7) is 1.71. The normalized spacial score (nSPS) is 9.83. The zero-order valence-corrected chi connectivity index (χ0v) is 9.51. The summed E-state index contributed by atoms with van der Waals surface area (Å²) < 4.78 is 18.2. The van der Waals surface area contributed by atoms with E-state index in [1.165, 1.54) is 18.2 Å². The minimum atomic E-state index is -0.456. The smallest absolute Gasteiger partial charge is 0.323 e. The van der Waals surface area contributed by atoms with Crippen LogP contribution >= 0.6 is 0 Å². The molecule has 0 spiro atoms. The van der Waals surface area contributed by atoms with Crippen molar-refractivity contribution in [3.63, 3.8) is 0 Å². The number of hydrogen-bond acceptors (Lipinski definition) is 5. The first-order valence-electron chi connectivity index (χ1n) is 5.07. The summed E-state index contributed by atoms with van der Waals surface area (Å²) >= 11 is 0. The Bertz CT molecular complexity index is 636. The molecule has 0 aliphatic heterocycles. The molecule has 0 bridgehead atoms. The molecule has 0 atom stereocenters. The molecule has 0 amide bonds. The Hall–Kier alpha value is -2.68. The van der Waals surface area contributed by atoms with Crippen LogP contribution in [0.1, 0.15) is 11.4 Å². The van der Waals surface area contributed by atoms with Crippen molar-refractivity contribution in [1.29, 1.82) is 5.26 Å². The van der Waals surface area contributed by atoms with E-state index in [0.717, 1.165) is 6.07 Å². The summed E-state index contributed by atoms with van der Waals surface area (Å²) in [5, 5.41) is 8.77. The van der Waals surface area contributed by atoms with E-state index in [-0.39, 0.29) is 23.1 Å². The predicted molar refractivity (Wildman–Crippen MR) is 62.4 cm³/mol. The Labute approximate surface area is 103 Å². The lowest BCUT2D eigenvalue weighted by atomic mass is 10.3. The molecule has 5 nitrogen and oxygen atoms in total. The van der Waals surface area contributed by atoms with Crippen LogP contribution < -0.4 is 10.5 Å². The third kappa shape index (κ3) is 2.52. The lowest BCUT2D eigenvalue weighted by molar-refractivity contribution is 0.440. The predicted octanol–water partition coefficient (Wildman–Crippen LogP) is 2.17. The summed E-state index contributed by atoms with van der Waals surface area (Å²) in [5.41, 5.74) is 6.52. The van der Waals surface area contributed by atoms with Gasteiger partial charge in [-0.2, -0.15) is 10.2 Å². The van der Waals surface area contributed by atoms with Gasteiger partial charge in [0.15, 0.2) is 5.75 Å². The highest BCUT2D eigenvalue weighted by Crippen LogP contribution is 2.26. The van der Waals surface area contributed by atoms with Crippen molar-refractivity contribution >= 4 is 5.69 Å². The standard InChI is InChI=1S/C12H9FN4O/c1-7-4-9(6-14)17-12(16-7)18-11-3-2-8(13)5-10(11)15/h2-5H,15H2,1H3. The molecule has 1 heterocycles. The lowest BCUT2D eigenvalue weighted by Gasteiger charge is -2.07. The number of ether oxygens (including phenoxy) is 1. The Morgan fingerprint density at radius 1 is 1.33 bits per heavy atom. The Balaban J connectivity index is 2.34. The first kappa shape index (κ1) is 11.8. The molecule has 0 radical (unpaired) electrons. The minimum Gasteiger partial charge on any atom is -0.422 e. The van der Waals surface area contributed by atoms with Crippen LogP contribution in [0.5, 0.6) is 11.8 Å². The highest BCUT2D eigenvalue weighted by Gasteiger charge is 2.07. The molecule has 0 saturated heterocycles. The molecular weight excluding hydrogens is 235 g/mol. The fourth-order valence-corrected chi connectivity index (χ4v) is 1.35. The molecule has 18 heavy (non-hydrogen) atoms. The van der Waals surface area contributed by atoms with Gasteiger partial charge in [0.05, 0.1) is 5.69 Å². The average molecular weight is 244 g/mol. The number of nitrogens with two attached hydrogens (primary N) is 1. The summed E-state index contributed by atoms with van der Waals surface area (Å²) in [6.07, 6.45) is 0. The van der Waals surface area contributed by atoms with Crippen LogP contribution in [0.2, 0.25) is 0 Å². The van der Waals surface area contributed by atoms with Crippen molar-refractivity contribution in [2.75, 3.05) is 5.73 Å². The van der Waals surface area contributed by atoms with Crippen LogP contribution in [-0.4, -0.2) is 9.97 Å². The minimum absolute atomic E-state index is 0.00450. The van der Waals surface area contributed by atoms with Crippen molar-refractivity contribution in [3.8, 4) is 17.8 Å². The van der Waals surface area contributed by atoms with E-state index in [1.54, 1.807) is 6.92 Å². The van der Waals surface area contributed by atoms with Crippen molar-refractivity contribution in [2.24, 2.45) is 0 Å². The van der Waals surface area contributed by atoms with E-state index in [1.807, 2.05) is 6.07 Å². The van der Waals surface area contributed by atoms with Gasteiger partial charge in [-0.25, -0.2) is 9.37 Å². The average Bonchev–Trinajstić information content (AvgIpc) is 2.32. The van der Waals surface area contributed by atoms with Gasteiger partial charge in [-0.3, -0.25) is 0 Å². The molecule has 90 valence electrons. The maximum absolute atomic E-state index is 12.9. The number of aryl methyl sites for hydroxylation is 1. The second kappa shape index (κ2) is 4.67. The highest BCUT2D eigenvalue weighted by atomic mass is 19.1. The van der Waals surface area contributed by atoms with Crippen molar-refractivity contribution in [3.05, 3.63) is 41.5 Å². The molecule has 0 saturated carbocycles. The number of nitriles is 1. The molecule has 1 aromatic heterocycles. The van der Waals surface area contributed by atoms with Crippen LogP contribution in [0.4, 0.5) is 10.1 Å². The van der Waals surface area contributed by atoms with Gasteiger partial charge in [-0.1, -0.05) is 0 Å². The molecule has 0 aliphatic rings. The van der Waals surface area contributed by atoms with Crippen LogP contribution in [0, 0.1) is 24.1 Å². The van der Waals surface area contributed by atoms with E-state index in [0.29, 0.717) is 5.69 Å². The topological polar surface area (TPSA) is 84.8 Å². The number of nitrogens with zero attached hydrogens (tertiary/aromatic N) is 3. The number of benzene rings is 1. The molecule has 0 aliphatic carbocycles. The largest absolute Gasteiger partial charge is 0.422 e. The van der Waals surface area contributed by atoms with E-state index in [9.17, 15) is 4.39 Å². The van der Waals surface area contributed by atoms with Gasteiger partial charge >= 0.3 is 6.01 Å². The van der Waals surface area contributed by atoms with Gasteiger partial charge in [0, 0.05) is 11.8 Å². The van der Waals surface area contributed by atoms with E-state index < -0.39 is 5.82 Å². The zero-order valence-electron chi connectivity index (χ0n) is 9.51. The number of aromatic nitrogens is 2. The maximum atomic E-state index is 12.9. The molecule has 2 aromatic rings. The van der Waals surface area contributed by atoms with Gasteiger partial charge in [-0.05, 0) is 25.1 Å². The number of halogens is 1. The van der Waals surface area contributed by atoms with Crippen LogP contribution in [-0.2, 0) is 0 Å². The SMILES string of the molecule is Cc1cc(C#N)nc(Oc2ccc(F)cc2N)n1. The van der Waals surface area contributed by atoms with E-state index >= 15 is 0 Å². The first-order chi connectivity index (χ1) is 8.58. The fraction of sp³-hybridized carbons (Fsp3) is 0.0833. The molecular formula is C12H9FN4O. The van der Waals surface area contributed by atoms with Crippen molar-refractivity contribution < 1.29 is 9.13 Å². The van der Waals surface area contributed by atoms with Crippen LogP contribution in [0.3, 0.4) is 0 Å². The molecule has 0 fully saturated rings. The van der Waals surface area contributed by atoms with Gasteiger partial charge in [-0.15, -0.1) is 0 Å². The van der Waals surface area contributed by atoms with Gasteiger partial charge < -0.3 is 10.5 Å². The summed E-state index contributed by atoms with van der Waals surface area (Å²) in [6, 6.07) is 7.16. The Morgan fingerprint density at radius 3 is 2.78 bits per heavy atom. The lowest BCUT2D eigenvalue weighted by Crippen LogP contribution is -1.99. The first-order valence-corrected chi connectivity index (χ1v) is 5.07. The Kier molecular flexibility index (Phi) is 3.06. The third-order valence-electron chi connectivity index (χ3n) is 2.12. The van der Waals surface area contributed by atoms with Crippen molar-refractivity contribution in [2.45, 2.75) is 6.92 Å². The molecule has 2 rings (SSSR count). The van der Waals surface area contributed by atoms with Crippen LogP contribution in [0.25, 0.3) is 0 Å². The number of anilines is 1. The number of hydrogen-bond donors (Lipinski definition) is 1.